The third-order valence-corrected chi connectivity index (χ3v) is 6.38. The average Bonchev–Trinajstić information content (AvgIpc) is 3.08. The smallest absolute Gasteiger partial charge is 0.234 e. The lowest BCUT2D eigenvalue weighted by Crippen LogP contribution is -2.15. The topological polar surface area (TPSA) is 85.6 Å². The van der Waals surface area contributed by atoms with E-state index in [2.05, 4.69) is 48.0 Å². The number of hydrogen-bond acceptors (Lipinski definition) is 7. The summed E-state index contributed by atoms with van der Waals surface area (Å²) in [6, 6.07) is 9.44. The molecule has 7 nitrogen and oxygen atoms in total. The first-order valence-electron chi connectivity index (χ1n) is 9.11. The van der Waals surface area contributed by atoms with E-state index >= 15 is 0 Å². The van der Waals surface area contributed by atoms with Gasteiger partial charge in [-0.25, -0.2) is 9.97 Å². The van der Waals surface area contributed by atoms with Crippen molar-refractivity contribution in [1.29, 1.82) is 0 Å². The number of halogens is 1. The summed E-state index contributed by atoms with van der Waals surface area (Å²) in [6.07, 6.45) is 1.79. The minimum atomic E-state index is -0.111. The first-order chi connectivity index (χ1) is 14.5. The predicted octanol–water partition coefficient (Wildman–Crippen LogP) is 4.66. The van der Waals surface area contributed by atoms with Gasteiger partial charge in [0.05, 0.1) is 17.2 Å². The van der Waals surface area contributed by atoms with Crippen molar-refractivity contribution in [3.63, 3.8) is 0 Å². The number of rotatable bonds is 9. The standard InChI is InChI=1S/C20H21BrN6OS2/c1-4-9-27-17(11-29-19-22-13(2)10-14(3)23-19)25-26-20(27)30-12-18(28)24-16-8-6-5-7-15(16)21/h4-8,10H,1,9,11-12H2,2-3H3,(H,24,28). The van der Waals surface area contributed by atoms with Crippen LogP contribution in [0.1, 0.15) is 17.2 Å². The molecule has 0 fully saturated rings. The molecule has 0 aliphatic rings. The van der Waals surface area contributed by atoms with Crippen molar-refractivity contribution in [2.24, 2.45) is 0 Å². The fourth-order valence-electron chi connectivity index (χ4n) is 2.61. The average molecular weight is 505 g/mol. The Morgan fingerprint density at radius 1 is 1.20 bits per heavy atom. The maximum absolute atomic E-state index is 12.3. The van der Waals surface area contributed by atoms with Gasteiger partial charge >= 0.3 is 0 Å². The molecule has 0 radical (unpaired) electrons. The Labute approximate surface area is 192 Å². The third kappa shape index (κ3) is 6.16. The quantitative estimate of drug-likeness (QED) is 0.257. The van der Waals surface area contributed by atoms with Crippen molar-refractivity contribution >= 4 is 51.0 Å². The van der Waals surface area contributed by atoms with E-state index < -0.39 is 0 Å². The van der Waals surface area contributed by atoms with Crippen LogP contribution < -0.4 is 5.32 Å². The summed E-state index contributed by atoms with van der Waals surface area (Å²) in [6.45, 7) is 8.28. The van der Waals surface area contributed by atoms with Crippen LogP contribution >= 0.6 is 39.5 Å². The SMILES string of the molecule is C=CCn1c(CSc2nc(C)cc(C)n2)nnc1SCC(=O)Nc1ccccc1Br. The van der Waals surface area contributed by atoms with E-state index in [0.29, 0.717) is 22.6 Å². The number of carbonyl (C=O) groups is 1. The van der Waals surface area contributed by atoms with Gasteiger partial charge in [0.25, 0.3) is 0 Å². The molecule has 2 heterocycles. The van der Waals surface area contributed by atoms with Crippen molar-refractivity contribution in [2.45, 2.75) is 36.5 Å². The largest absolute Gasteiger partial charge is 0.324 e. The van der Waals surface area contributed by atoms with Gasteiger partial charge < -0.3 is 9.88 Å². The molecule has 0 bridgehead atoms. The van der Waals surface area contributed by atoms with Gasteiger partial charge in [-0.1, -0.05) is 41.7 Å². The van der Waals surface area contributed by atoms with Crippen molar-refractivity contribution in [2.75, 3.05) is 11.1 Å². The summed E-state index contributed by atoms with van der Waals surface area (Å²) < 4.78 is 2.80. The lowest BCUT2D eigenvalue weighted by molar-refractivity contribution is -0.113. The number of hydrogen-bond donors (Lipinski definition) is 1. The molecule has 0 unspecified atom stereocenters. The maximum Gasteiger partial charge on any atom is 0.234 e. The molecule has 30 heavy (non-hydrogen) atoms. The highest BCUT2D eigenvalue weighted by molar-refractivity contribution is 9.10. The van der Waals surface area contributed by atoms with E-state index in [9.17, 15) is 4.79 Å². The van der Waals surface area contributed by atoms with E-state index in [-0.39, 0.29) is 11.7 Å². The van der Waals surface area contributed by atoms with Crippen molar-refractivity contribution in [1.82, 2.24) is 24.7 Å². The zero-order valence-corrected chi connectivity index (χ0v) is 19.9. The summed E-state index contributed by atoms with van der Waals surface area (Å²) in [4.78, 5) is 21.2. The molecule has 0 spiro atoms. The second kappa shape index (κ2) is 10.7. The Kier molecular flexibility index (Phi) is 8.06. The Balaban J connectivity index is 1.64. The minimum absolute atomic E-state index is 0.111. The van der Waals surface area contributed by atoms with Crippen molar-refractivity contribution in [3.8, 4) is 0 Å². The molecule has 0 atom stereocenters. The van der Waals surface area contributed by atoms with Crippen LogP contribution in [0, 0.1) is 13.8 Å². The van der Waals surface area contributed by atoms with E-state index in [0.717, 1.165) is 27.4 Å². The number of para-hydroxylation sites is 1. The van der Waals surface area contributed by atoms with Crippen LogP contribution in [-0.2, 0) is 17.1 Å². The van der Waals surface area contributed by atoms with Gasteiger partial charge in [-0.15, -0.1) is 16.8 Å². The molecule has 10 heteroatoms. The van der Waals surface area contributed by atoms with Crippen LogP contribution in [0.3, 0.4) is 0 Å². The van der Waals surface area contributed by atoms with Gasteiger partial charge in [-0.05, 0) is 48.0 Å². The number of nitrogens with one attached hydrogen (secondary N) is 1. The number of carbonyl (C=O) groups excluding carboxylic acids is 1. The van der Waals surface area contributed by atoms with Crippen LogP contribution in [-0.4, -0.2) is 36.4 Å². The van der Waals surface area contributed by atoms with Crippen LogP contribution in [0.5, 0.6) is 0 Å². The number of aryl methyl sites for hydroxylation is 2. The van der Waals surface area contributed by atoms with Gasteiger partial charge in [0.1, 0.15) is 5.82 Å². The summed E-state index contributed by atoms with van der Waals surface area (Å²) in [7, 11) is 0. The van der Waals surface area contributed by atoms with Gasteiger partial charge in [-0.2, -0.15) is 0 Å². The molecule has 156 valence electrons. The Bertz CT molecular complexity index is 1040. The van der Waals surface area contributed by atoms with E-state index in [1.807, 2.05) is 48.7 Å². The van der Waals surface area contributed by atoms with Crippen LogP contribution in [0.2, 0.25) is 0 Å². The molecule has 1 aromatic carbocycles. The Morgan fingerprint density at radius 2 is 1.93 bits per heavy atom. The van der Waals surface area contributed by atoms with Crippen molar-refractivity contribution in [3.05, 3.63) is 64.7 Å². The van der Waals surface area contributed by atoms with E-state index in [4.69, 9.17) is 0 Å². The normalized spacial score (nSPS) is 10.8. The second-order valence-corrected chi connectivity index (χ2v) is 9.08. The van der Waals surface area contributed by atoms with Gasteiger partial charge in [-0.3, -0.25) is 4.79 Å². The molecular formula is C20H21BrN6OS2. The van der Waals surface area contributed by atoms with Gasteiger partial charge in [0.2, 0.25) is 5.91 Å². The summed E-state index contributed by atoms with van der Waals surface area (Å²) >= 11 is 6.28. The lowest BCUT2D eigenvalue weighted by Gasteiger charge is -2.09. The zero-order chi connectivity index (χ0) is 21.5. The molecule has 3 aromatic rings. The molecule has 3 rings (SSSR count). The molecule has 1 amide bonds. The minimum Gasteiger partial charge on any atom is -0.324 e. The number of allylic oxidation sites excluding steroid dienone is 1. The highest BCUT2D eigenvalue weighted by atomic mass is 79.9. The molecule has 0 saturated heterocycles. The Hall–Kier alpha value is -2.17. The van der Waals surface area contributed by atoms with Crippen LogP contribution in [0.15, 0.2) is 57.8 Å². The summed E-state index contributed by atoms with van der Waals surface area (Å²) in [5.41, 5.74) is 2.61. The number of thioether (sulfide) groups is 2. The lowest BCUT2D eigenvalue weighted by atomic mass is 10.3. The summed E-state index contributed by atoms with van der Waals surface area (Å²) in [5.74, 6) is 1.48. The first-order valence-corrected chi connectivity index (χ1v) is 11.9. The number of anilines is 1. The van der Waals surface area contributed by atoms with Crippen LogP contribution in [0.4, 0.5) is 5.69 Å². The fourth-order valence-corrected chi connectivity index (χ4v) is 4.65. The molecule has 1 N–H and O–H groups in total. The third-order valence-electron chi connectivity index (χ3n) is 3.88. The maximum atomic E-state index is 12.3. The van der Waals surface area contributed by atoms with Gasteiger partial charge in [0.15, 0.2) is 10.3 Å². The molecule has 0 aliphatic heterocycles. The number of nitrogens with zero attached hydrogens (tertiary/aromatic N) is 5. The number of aromatic nitrogens is 5. The molecular weight excluding hydrogens is 484 g/mol. The van der Waals surface area contributed by atoms with Crippen molar-refractivity contribution < 1.29 is 4.79 Å². The predicted molar refractivity (Wildman–Crippen MR) is 125 cm³/mol. The summed E-state index contributed by atoms with van der Waals surface area (Å²) in [5, 5.41) is 12.8. The second-order valence-electron chi connectivity index (χ2n) is 6.34. The fraction of sp³-hybridized carbons (Fsp3) is 0.250. The molecule has 0 aliphatic carbocycles. The molecule has 2 aromatic heterocycles. The van der Waals surface area contributed by atoms with E-state index in [1.165, 1.54) is 23.5 Å². The first kappa shape index (κ1) is 22.5. The van der Waals surface area contributed by atoms with E-state index in [1.54, 1.807) is 6.08 Å². The monoisotopic (exact) mass is 504 g/mol. The number of benzene rings is 1. The zero-order valence-electron chi connectivity index (χ0n) is 16.6. The Morgan fingerprint density at radius 3 is 2.63 bits per heavy atom. The highest BCUT2D eigenvalue weighted by Gasteiger charge is 2.15. The highest BCUT2D eigenvalue weighted by Crippen LogP contribution is 2.24. The molecule has 0 saturated carbocycles. The number of amides is 1. The van der Waals surface area contributed by atoms with Crippen LogP contribution in [0.25, 0.3) is 0 Å². The van der Waals surface area contributed by atoms with Gasteiger partial charge in [0, 0.05) is 22.4 Å².